The van der Waals surface area contributed by atoms with Gasteiger partial charge >= 0.3 is 0 Å². The zero-order valence-corrected chi connectivity index (χ0v) is 19.1. The number of rotatable bonds is 5. The van der Waals surface area contributed by atoms with Crippen LogP contribution < -0.4 is 4.90 Å². The highest BCUT2D eigenvalue weighted by atomic mass is 19.1. The molecule has 0 radical (unpaired) electrons. The van der Waals surface area contributed by atoms with E-state index in [-0.39, 0.29) is 11.8 Å². The molecule has 2 aliphatic heterocycles. The fraction of sp³-hybridized carbons (Fsp3) is 0.214. The molecule has 5 nitrogen and oxygen atoms in total. The van der Waals surface area contributed by atoms with Gasteiger partial charge in [-0.15, -0.1) is 0 Å². The molecule has 0 aliphatic carbocycles. The first-order chi connectivity index (χ1) is 16.5. The minimum absolute atomic E-state index is 0.358. The number of hydrogen-bond acceptors (Lipinski definition) is 4. The lowest BCUT2D eigenvalue weighted by atomic mass is 10.0. The first-order valence-electron chi connectivity index (χ1n) is 11.5. The number of carbonyl (C=O) groups excluding carboxylic acids is 2. The van der Waals surface area contributed by atoms with Crippen LogP contribution >= 0.6 is 0 Å². The average Bonchev–Trinajstić information content (AvgIpc) is 3.11. The number of piperazine rings is 1. The Balaban J connectivity index is 1.44. The van der Waals surface area contributed by atoms with Crippen LogP contribution in [-0.4, -0.2) is 47.8 Å². The van der Waals surface area contributed by atoms with Crippen LogP contribution in [0.3, 0.4) is 0 Å². The Labute approximate surface area is 198 Å². The van der Waals surface area contributed by atoms with Crippen LogP contribution in [0.15, 0.2) is 84.6 Å². The summed E-state index contributed by atoms with van der Waals surface area (Å²) in [5.41, 5.74) is 4.26. The summed E-state index contributed by atoms with van der Waals surface area (Å²) in [6.45, 7) is 5.71. The molecule has 0 spiro atoms. The Bertz CT molecular complexity index is 1230. The van der Waals surface area contributed by atoms with Crippen LogP contribution in [0.4, 0.5) is 10.1 Å². The van der Waals surface area contributed by atoms with E-state index in [0.717, 1.165) is 30.8 Å². The van der Waals surface area contributed by atoms with E-state index in [2.05, 4.69) is 17.0 Å². The van der Waals surface area contributed by atoms with Gasteiger partial charge in [0.1, 0.15) is 11.5 Å². The summed E-state index contributed by atoms with van der Waals surface area (Å²) in [7, 11) is 0. The van der Waals surface area contributed by atoms with Crippen LogP contribution in [0.5, 0.6) is 0 Å². The van der Waals surface area contributed by atoms with E-state index >= 15 is 0 Å². The minimum atomic E-state index is -0.413. The van der Waals surface area contributed by atoms with Crippen LogP contribution in [-0.2, 0) is 16.1 Å². The lowest BCUT2D eigenvalue weighted by molar-refractivity contribution is -0.120. The number of amides is 2. The SMILES string of the molecule is Cc1ccc(C2=C(N3CCN(Cc4ccccc4)CC3)C(=O)N(c3ccc(F)cc3)C2=O)cc1. The van der Waals surface area contributed by atoms with Gasteiger partial charge in [-0.25, -0.2) is 9.29 Å². The molecule has 0 N–H and O–H groups in total. The second-order valence-corrected chi connectivity index (χ2v) is 8.76. The van der Waals surface area contributed by atoms with E-state index in [1.807, 2.05) is 54.3 Å². The molecule has 2 heterocycles. The molecule has 3 aromatic carbocycles. The molecule has 0 bridgehead atoms. The van der Waals surface area contributed by atoms with Crippen molar-refractivity contribution in [2.24, 2.45) is 0 Å². The Morgan fingerprint density at radius 1 is 0.765 bits per heavy atom. The average molecular weight is 456 g/mol. The topological polar surface area (TPSA) is 43.9 Å². The molecule has 6 heteroatoms. The third-order valence-electron chi connectivity index (χ3n) is 6.42. The summed E-state index contributed by atoms with van der Waals surface area (Å²) in [6, 6.07) is 23.4. The quantitative estimate of drug-likeness (QED) is 0.540. The predicted octanol–water partition coefficient (Wildman–Crippen LogP) is 4.24. The molecule has 1 saturated heterocycles. The highest BCUT2D eigenvalue weighted by Crippen LogP contribution is 2.35. The van der Waals surface area contributed by atoms with E-state index < -0.39 is 5.82 Å². The number of nitrogens with zero attached hydrogens (tertiary/aromatic N) is 3. The molecular formula is C28H26FN3O2. The van der Waals surface area contributed by atoms with E-state index in [1.54, 1.807) is 0 Å². The van der Waals surface area contributed by atoms with Crippen LogP contribution in [0, 0.1) is 12.7 Å². The summed E-state index contributed by atoms with van der Waals surface area (Å²) in [6.07, 6.45) is 0. The van der Waals surface area contributed by atoms with Crippen molar-refractivity contribution in [3.05, 3.63) is 107 Å². The van der Waals surface area contributed by atoms with Crippen molar-refractivity contribution in [2.75, 3.05) is 31.1 Å². The summed E-state index contributed by atoms with van der Waals surface area (Å²) in [5.74, 6) is -1.14. The molecule has 0 atom stereocenters. The summed E-state index contributed by atoms with van der Waals surface area (Å²) >= 11 is 0. The largest absolute Gasteiger partial charge is 0.364 e. The Kier molecular flexibility index (Phi) is 5.99. The monoisotopic (exact) mass is 455 g/mol. The van der Waals surface area contributed by atoms with Gasteiger partial charge in [0.15, 0.2) is 0 Å². The van der Waals surface area contributed by atoms with Gasteiger partial charge in [0.25, 0.3) is 11.8 Å². The molecule has 0 saturated carbocycles. The van der Waals surface area contributed by atoms with Crippen molar-refractivity contribution in [1.29, 1.82) is 0 Å². The second-order valence-electron chi connectivity index (χ2n) is 8.76. The zero-order valence-electron chi connectivity index (χ0n) is 19.1. The molecule has 3 aromatic rings. The third-order valence-corrected chi connectivity index (χ3v) is 6.42. The van der Waals surface area contributed by atoms with Gasteiger partial charge < -0.3 is 4.90 Å². The highest BCUT2D eigenvalue weighted by molar-refractivity contribution is 6.45. The second kappa shape index (κ2) is 9.23. The van der Waals surface area contributed by atoms with E-state index in [0.29, 0.717) is 30.0 Å². The van der Waals surface area contributed by atoms with Gasteiger partial charge in [0.2, 0.25) is 0 Å². The number of aryl methyl sites for hydroxylation is 1. The van der Waals surface area contributed by atoms with E-state index in [4.69, 9.17) is 0 Å². The van der Waals surface area contributed by atoms with Gasteiger partial charge in [-0.05, 0) is 42.3 Å². The Morgan fingerprint density at radius 3 is 2.06 bits per heavy atom. The van der Waals surface area contributed by atoms with Crippen LogP contribution in [0.2, 0.25) is 0 Å². The van der Waals surface area contributed by atoms with E-state index in [1.165, 1.54) is 34.7 Å². The maximum absolute atomic E-state index is 13.6. The van der Waals surface area contributed by atoms with Crippen LogP contribution in [0.25, 0.3) is 5.57 Å². The molecule has 1 fully saturated rings. The number of imide groups is 1. The normalized spacial score (nSPS) is 17.1. The van der Waals surface area contributed by atoms with Crippen molar-refractivity contribution in [2.45, 2.75) is 13.5 Å². The molecular weight excluding hydrogens is 429 g/mol. The van der Waals surface area contributed by atoms with Crippen molar-refractivity contribution in [1.82, 2.24) is 9.80 Å². The first kappa shape index (κ1) is 22.0. The number of anilines is 1. The van der Waals surface area contributed by atoms with Crippen molar-refractivity contribution < 1.29 is 14.0 Å². The molecule has 34 heavy (non-hydrogen) atoms. The standard InChI is InChI=1S/C28H26FN3O2/c1-20-7-9-22(10-8-20)25-26(28(34)32(27(25)33)24-13-11-23(29)12-14-24)31-17-15-30(16-18-31)19-21-5-3-2-4-6-21/h2-14H,15-19H2,1H3. The van der Waals surface area contributed by atoms with Gasteiger partial charge in [-0.2, -0.15) is 0 Å². The fourth-order valence-corrected chi connectivity index (χ4v) is 4.59. The fourth-order valence-electron chi connectivity index (χ4n) is 4.59. The lowest BCUT2D eigenvalue weighted by Gasteiger charge is -2.36. The summed E-state index contributed by atoms with van der Waals surface area (Å²) < 4.78 is 13.5. The molecule has 0 unspecified atom stereocenters. The first-order valence-corrected chi connectivity index (χ1v) is 11.5. The predicted molar refractivity (Wildman–Crippen MR) is 130 cm³/mol. The lowest BCUT2D eigenvalue weighted by Crippen LogP contribution is -2.47. The number of hydrogen-bond donors (Lipinski definition) is 0. The zero-order chi connectivity index (χ0) is 23.7. The minimum Gasteiger partial charge on any atom is -0.364 e. The summed E-state index contributed by atoms with van der Waals surface area (Å²) in [5, 5.41) is 0. The van der Waals surface area contributed by atoms with Gasteiger partial charge in [0.05, 0.1) is 11.3 Å². The Hall–Kier alpha value is -3.77. The summed E-state index contributed by atoms with van der Waals surface area (Å²) in [4.78, 5) is 32.7. The molecule has 172 valence electrons. The molecule has 5 rings (SSSR count). The van der Waals surface area contributed by atoms with Crippen molar-refractivity contribution in [3.8, 4) is 0 Å². The Morgan fingerprint density at radius 2 is 1.41 bits per heavy atom. The molecule has 2 amide bonds. The van der Waals surface area contributed by atoms with E-state index in [9.17, 15) is 14.0 Å². The highest BCUT2D eigenvalue weighted by Gasteiger charge is 2.43. The smallest absolute Gasteiger partial charge is 0.282 e. The maximum Gasteiger partial charge on any atom is 0.282 e. The van der Waals surface area contributed by atoms with Gasteiger partial charge in [0, 0.05) is 32.7 Å². The van der Waals surface area contributed by atoms with Crippen molar-refractivity contribution >= 4 is 23.1 Å². The van der Waals surface area contributed by atoms with Crippen molar-refractivity contribution in [3.63, 3.8) is 0 Å². The van der Waals surface area contributed by atoms with Crippen LogP contribution in [0.1, 0.15) is 16.7 Å². The molecule has 0 aromatic heterocycles. The number of halogens is 1. The number of benzene rings is 3. The van der Waals surface area contributed by atoms with Gasteiger partial charge in [-0.3, -0.25) is 14.5 Å². The maximum atomic E-state index is 13.6. The molecule has 2 aliphatic rings. The van der Waals surface area contributed by atoms with Gasteiger partial charge in [-0.1, -0.05) is 60.2 Å². The third kappa shape index (κ3) is 4.24. The number of carbonyl (C=O) groups is 2.